The number of hydrogen-bond acceptors (Lipinski definition) is 2. The van der Waals surface area contributed by atoms with Gasteiger partial charge in [0.25, 0.3) is 0 Å². The van der Waals surface area contributed by atoms with Crippen molar-refractivity contribution in [3.8, 4) is 0 Å². The lowest BCUT2D eigenvalue weighted by molar-refractivity contribution is 0.550. The summed E-state index contributed by atoms with van der Waals surface area (Å²) >= 11 is 0. The van der Waals surface area contributed by atoms with Crippen LogP contribution in [-0.2, 0) is 12.8 Å². The summed E-state index contributed by atoms with van der Waals surface area (Å²) in [5.74, 6) is 0.904. The van der Waals surface area contributed by atoms with Crippen molar-refractivity contribution in [1.29, 1.82) is 0 Å². The summed E-state index contributed by atoms with van der Waals surface area (Å²) in [6.07, 6.45) is 34.5. The fourth-order valence-corrected chi connectivity index (χ4v) is 9.35. The number of nitrogen functional groups attached to an aromatic ring is 2. The molecule has 4 N–H and O–H groups in total. The lowest BCUT2D eigenvalue weighted by atomic mass is 9.84. The molecule has 58 heavy (non-hydrogen) atoms. The largest absolute Gasteiger partial charge is 0.399 e. The smallest absolute Gasteiger partial charge is 0.0316 e. The van der Waals surface area contributed by atoms with E-state index in [1.54, 1.807) is 0 Å². The molecule has 0 bridgehead atoms. The zero-order valence-corrected chi connectivity index (χ0v) is 37.8. The lowest BCUT2D eigenvalue weighted by Gasteiger charge is -2.21. The Hall–Kier alpha value is -3.52. The predicted octanol–water partition coefficient (Wildman–Crippen LogP) is 16.9. The second-order valence-corrected chi connectivity index (χ2v) is 18.0. The van der Waals surface area contributed by atoms with E-state index in [4.69, 9.17) is 11.5 Å². The fourth-order valence-electron chi connectivity index (χ4n) is 9.35. The Bertz CT molecular complexity index is 1530. The number of benzene rings is 4. The van der Waals surface area contributed by atoms with Gasteiger partial charge in [0.2, 0.25) is 0 Å². The van der Waals surface area contributed by atoms with Crippen molar-refractivity contribution in [1.82, 2.24) is 0 Å². The van der Waals surface area contributed by atoms with Gasteiger partial charge in [-0.1, -0.05) is 203 Å². The van der Waals surface area contributed by atoms with E-state index in [0.29, 0.717) is 11.8 Å². The third kappa shape index (κ3) is 17.4. The lowest BCUT2D eigenvalue weighted by Crippen LogP contribution is -2.05. The molecule has 4 rings (SSSR count). The monoisotopic (exact) mass is 785 g/mol. The summed E-state index contributed by atoms with van der Waals surface area (Å²) < 4.78 is 0. The van der Waals surface area contributed by atoms with Gasteiger partial charge >= 0.3 is 0 Å². The molecule has 0 radical (unpaired) electrons. The number of aryl methyl sites for hydroxylation is 4. The van der Waals surface area contributed by atoms with Gasteiger partial charge in [0.05, 0.1) is 0 Å². The van der Waals surface area contributed by atoms with Gasteiger partial charge in [-0.2, -0.15) is 0 Å². The van der Waals surface area contributed by atoms with E-state index in [-0.39, 0.29) is 0 Å². The van der Waals surface area contributed by atoms with Gasteiger partial charge in [-0.05, 0) is 121 Å². The molecule has 2 heteroatoms. The predicted molar refractivity (Wildman–Crippen MR) is 257 cm³/mol. The standard InChI is InChI=1S/C56H84N2/c1-5-7-9-11-13-15-21-25-29-55(53-41-39-51(57)43-45(53)3)49-35-31-47(32-36-49)27-23-19-17-18-20-24-28-48-33-37-50(38-34-48)56(54-42-40-52(58)44-46(54)4)30-26-22-16-14-12-10-8-6-2/h31-44,55-56H,5-30,57-58H2,1-4H3. The van der Waals surface area contributed by atoms with Crippen LogP contribution in [0.25, 0.3) is 0 Å². The first-order chi connectivity index (χ1) is 28.4. The van der Waals surface area contributed by atoms with Gasteiger partial charge in [-0.3, -0.25) is 0 Å². The Kier molecular flexibility index (Phi) is 22.8. The van der Waals surface area contributed by atoms with Gasteiger partial charge in [-0.15, -0.1) is 0 Å². The molecule has 0 aromatic heterocycles. The molecule has 0 aliphatic carbocycles. The van der Waals surface area contributed by atoms with Gasteiger partial charge in [0.1, 0.15) is 0 Å². The molecule has 0 saturated carbocycles. The zero-order valence-electron chi connectivity index (χ0n) is 37.8. The van der Waals surface area contributed by atoms with E-state index in [9.17, 15) is 0 Å². The van der Waals surface area contributed by atoms with Crippen molar-refractivity contribution >= 4 is 11.4 Å². The van der Waals surface area contributed by atoms with Crippen molar-refractivity contribution in [2.75, 3.05) is 11.5 Å². The van der Waals surface area contributed by atoms with E-state index in [2.05, 4.69) is 113 Å². The van der Waals surface area contributed by atoms with Crippen LogP contribution in [0.3, 0.4) is 0 Å². The van der Waals surface area contributed by atoms with Crippen molar-refractivity contribution in [3.63, 3.8) is 0 Å². The van der Waals surface area contributed by atoms with Gasteiger partial charge in [-0.25, -0.2) is 0 Å². The van der Waals surface area contributed by atoms with Crippen LogP contribution in [0, 0.1) is 13.8 Å². The molecular weight excluding hydrogens is 701 g/mol. The van der Waals surface area contributed by atoms with Crippen molar-refractivity contribution in [2.45, 2.75) is 206 Å². The Balaban J connectivity index is 1.16. The third-order valence-corrected chi connectivity index (χ3v) is 13.0. The maximum absolute atomic E-state index is 6.15. The summed E-state index contributed by atoms with van der Waals surface area (Å²) in [4.78, 5) is 0. The van der Waals surface area contributed by atoms with Crippen LogP contribution in [0.4, 0.5) is 11.4 Å². The molecule has 0 amide bonds. The SMILES string of the molecule is CCCCCCCCCCC(c1ccc(CCCCCCCCc2ccc(C(CCCCCCCCCC)c3ccc(N)cc3C)cc2)cc1)c1ccc(N)cc1C. The highest BCUT2D eigenvalue weighted by Crippen LogP contribution is 2.35. The molecule has 318 valence electrons. The highest BCUT2D eigenvalue weighted by molar-refractivity contribution is 5.49. The minimum atomic E-state index is 0.452. The summed E-state index contributed by atoms with van der Waals surface area (Å²) in [7, 11) is 0. The molecule has 4 aromatic rings. The van der Waals surface area contributed by atoms with Gasteiger partial charge in [0, 0.05) is 23.2 Å². The number of anilines is 2. The van der Waals surface area contributed by atoms with Crippen molar-refractivity contribution < 1.29 is 0 Å². The normalized spacial score (nSPS) is 12.6. The quantitative estimate of drug-likeness (QED) is 0.0394. The number of rotatable bonds is 31. The summed E-state index contributed by atoms with van der Waals surface area (Å²) in [6.45, 7) is 9.06. The Labute approximate surface area is 357 Å². The average Bonchev–Trinajstić information content (AvgIpc) is 3.22. The fraction of sp³-hybridized carbons (Fsp3) is 0.571. The molecule has 0 aliphatic rings. The van der Waals surface area contributed by atoms with E-state index in [1.807, 2.05) is 0 Å². The van der Waals surface area contributed by atoms with Crippen LogP contribution in [0.1, 0.15) is 224 Å². The number of nitrogens with two attached hydrogens (primary N) is 2. The summed E-state index contributed by atoms with van der Waals surface area (Å²) in [5.41, 5.74) is 25.5. The van der Waals surface area contributed by atoms with E-state index in [1.165, 1.54) is 211 Å². The Morgan fingerprint density at radius 3 is 1.00 bits per heavy atom. The Morgan fingerprint density at radius 1 is 0.362 bits per heavy atom. The average molecular weight is 785 g/mol. The molecule has 4 aromatic carbocycles. The maximum Gasteiger partial charge on any atom is 0.0316 e. The van der Waals surface area contributed by atoms with Gasteiger partial charge in [0.15, 0.2) is 0 Å². The molecule has 2 nitrogen and oxygen atoms in total. The van der Waals surface area contributed by atoms with E-state index < -0.39 is 0 Å². The van der Waals surface area contributed by atoms with Crippen LogP contribution >= 0.6 is 0 Å². The molecule has 2 atom stereocenters. The highest BCUT2D eigenvalue weighted by Gasteiger charge is 2.18. The van der Waals surface area contributed by atoms with Crippen LogP contribution in [0.2, 0.25) is 0 Å². The van der Waals surface area contributed by atoms with Crippen LogP contribution in [0.5, 0.6) is 0 Å². The van der Waals surface area contributed by atoms with Crippen LogP contribution in [-0.4, -0.2) is 0 Å². The second-order valence-electron chi connectivity index (χ2n) is 18.0. The van der Waals surface area contributed by atoms with E-state index >= 15 is 0 Å². The zero-order chi connectivity index (χ0) is 41.2. The molecular formula is C56H84N2. The first kappa shape index (κ1) is 47.2. The minimum absolute atomic E-state index is 0.452. The summed E-state index contributed by atoms with van der Waals surface area (Å²) in [5, 5.41) is 0. The Morgan fingerprint density at radius 2 is 0.672 bits per heavy atom. The minimum Gasteiger partial charge on any atom is -0.399 e. The first-order valence-electron chi connectivity index (χ1n) is 24.3. The topological polar surface area (TPSA) is 52.0 Å². The highest BCUT2D eigenvalue weighted by atomic mass is 14.5. The van der Waals surface area contributed by atoms with E-state index in [0.717, 1.165) is 11.4 Å². The second kappa shape index (κ2) is 28.0. The number of unbranched alkanes of at least 4 members (excludes halogenated alkanes) is 19. The number of hydrogen-bond donors (Lipinski definition) is 2. The molecule has 0 heterocycles. The van der Waals surface area contributed by atoms with Crippen molar-refractivity contribution in [2.24, 2.45) is 0 Å². The van der Waals surface area contributed by atoms with Crippen LogP contribution < -0.4 is 11.5 Å². The first-order valence-corrected chi connectivity index (χ1v) is 24.3. The maximum atomic E-state index is 6.15. The molecule has 0 spiro atoms. The third-order valence-electron chi connectivity index (χ3n) is 13.0. The molecule has 0 saturated heterocycles. The van der Waals surface area contributed by atoms with Gasteiger partial charge < -0.3 is 11.5 Å². The summed E-state index contributed by atoms with van der Waals surface area (Å²) in [6, 6.07) is 32.4. The van der Waals surface area contributed by atoms with Crippen molar-refractivity contribution in [3.05, 3.63) is 129 Å². The van der Waals surface area contributed by atoms with Crippen LogP contribution in [0.15, 0.2) is 84.9 Å². The molecule has 0 aliphatic heterocycles. The molecule has 2 unspecified atom stereocenters. The molecule has 0 fully saturated rings.